The summed E-state index contributed by atoms with van der Waals surface area (Å²) in [5, 5.41) is 0. The molecule has 0 bridgehead atoms. The van der Waals surface area contributed by atoms with E-state index >= 15 is 0 Å². The van der Waals surface area contributed by atoms with E-state index in [-0.39, 0.29) is 0 Å². The van der Waals surface area contributed by atoms with Crippen molar-refractivity contribution in [3.05, 3.63) is 48.1 Å². The zero-order valence-corrected chi connectivity index (χ0v) is 8.43. The summed E-state index contributed by atoms with van der Waals surface area (Å²) in [4.78, 5) is 0. The molecule has 0 saturated heterocycles. The van der Waals surface area contributed by atoms with Gasteiger partial charge in [-0.2, -0.15) is 0 Å². The summed E-state index contributed by atoms with van der Waals surface area (Å²) in [5.74, 6) is 0. The molecule has 0 heterocycles. The Labute approximate surface area is 70.6 Å². The fraction of sp³-hybridized carbons (Fsp3) is 0.200. The summed E-state index contributed by atoms with van der Waals surface area (Å²) < 4.78 is 0. The summed E-state index contributed by atoms with van der Waals surface area (Å²) in [7, 11) is -1.65. The van der Waals surface area contributed by atoms with E-state index < -0.39 is 8.07 Å². The summed E-state index contributed by atoms with van der Waals surface area (Å²) >= 11 is 0. The Hall–Kier alpha value is -0.823. The summed E-state index contributed by atoms with van der Waals surface area (Å²) in [6.45, 7) is 15.6. The molecule has 0 rings (SSSR count). The minimum Gasteiger partial charge on any atom is -0.106 e. The fourth-order valence-corrected chi connectivity index (χ4v) is 2.78. The SMILES string of the molecule is C=C[Si](C=C)(C=C)C=C(C)C. The van der Waals surface area contributed by atoms with Gasteiger partial charge in [-0.25, -0.2) is 0 Å². The van der Waals surface area contributed by atoms with E-state index in [0.717, 1.165) is 0 Å². The van der Waals surface area contributed by atoms with Crippen LogP contribution in [0.2, 0.25) is 0 Å². The molecule has 0 atom stereocenters. The molecule has 0 unspecified atom stereocenters. The molecule has 0 aliphatic rings. The smallest absolute Gasteiger partial charge is 0.106 e. The highest BCUT2D eigenvalue weighted by Gasteiger charge is 2.16. The minimum absolute atomic E-state index is 1.30. The van der Waals surface area contributed by atoms with Gasteiger partial charge in [0.05, 0.1) is 0 Å². The van der Waals surface area contributed by atoms with Gasteiger partial charge >= 0.3 is 0 Å². The van der Waals surface area contributed by atoms with Crippen LogP contribution in [0.1, 0.15) is 13.8 Å². The molecular formula is C10H16Si. The molecule has 0 nitrogen and oxygen atoms in total. The summed E-state index contributed by atoms with van der Waals surface area (Å²) in [5.41, 5.74) is 9.44. The predicted molar refractivity (Wildman–Crippen MR) is 55.8 cm³/mol. The van der Waals surface area contributed by atoms with Gasteiger partial charge in [0.2, 0.25) is 0 Å². The van der Waals surface area contributed by atoms with Gasteiger partial charge in [-0.15, -0.1) is 19.7 Å². The highest BCUT2D eigenvalue weighted by molar-refractivity contribution is 6.97. The van der Waals surface area contributed by atoms with E-state index in [4.69, 9.17) is 0 Å². The summed E-state index contributed by atoms with van der Waals surface area (Å²) in [6.07, 6.45) is 0. The molecule has 60 valence electrons. The Morgan fingerprint density at radius 1 is 1.00 bits per heavy atom. The van der Waals surface area contributed by atoms with Crippen molar-refractivity contribution < 1.29 is 0 Å². The first-order valence-electron chi connectivity index (χ1n) is 3.67. The highest BCUT2D eigenvalue weighted by atomic mass is 28.3. The largest absolute Gasteiger partial charge is 0.148 e. The zero-order chi connectivity index (χ0) is 8.91. The Morgan fingerprint density at radius 2 is 1.36 bits per heavy atom. The maximum Gasteiger partial charge on any atom is 0.148 e. The number of hydrogen-bond acceptors (Lipinski definition) is 0. The number of allylic oxidation sites excluding steroid dienone is 1. The van der Waals surface area contributed by atoms with Gasteiger partial charge < -0.3 is 0 Å². The van der Waals surface area contributed by atoms with Crippen LogP contribution >= 0.6 is 0 Å². The molecule has 0 radical (unpaired) electrons. The quantitative estimate of drug-likeness (QED) is 0.560. The monoisotopic (exact) mass is 164 g/mol. The average molecular weight is 164 g/mol. The topological polar surface area (TPSA) is 0 Å². The first kappa shape index (κ1) is 10.2. The molecular weight excluding hydrogens is 148 g/mol. The number of hydrogen-bond donors (Lipinski definition) is 0. The van der Waals surface area contributed by atoms with Gasteiger partial charge in [0.15, 0.2) is 0 Å². The van der Waals surface area contributed by atoms with Crippen molar-refractivity contribution in [3.63, 3.8) is 0 Å². The summed E-state index contributed by atoms with van der Waals surface area (Å²) in [6, 6.07) is 0. The first-order valence-corrected chi connectivity index (χ1v) is 5.98. The Bertz CT molecular complexity index is 173. The van der Waals surface area contributed by atoms with Gasteiger partial charge in [-0.1, -0.05) is 28.4 Å². The van der Waals surface area contributed by atoms with Crippen molar-refractivity contribution >= 4 is 8.07 Å². The predicted octanol–water partition coefficient (Wildman–Crippen LogP) is 3.12. The van der Waals surface area contributed by atoms with Crippen molar-refractivity contribution in [2.45, 2.75) is 13.8 Å². The second-order valence-corrected chi connectivity index (χ2v) is 6.35. The molecule has 0 aromatic rings. The maximum absolute atomic E-state index is 3.80. The molecule has 0 spiro atoms. The van der Waals surface area contributed by atoms with Gasteiger partial charge in [0.1, 0.15) is 8.07 Å². The Kier molecular flexibility index (Phi) is 3.83. The fourth-order valence-electron chi connectivity index (χ4n) is 0.927. The van der Waals surface area contributed by atoms with Gasteiger partial charge in [-0.3, -0.25) is 0 Å². The third-order valence-electron chi connectivity index (χ3n) is 1.60. The molecule has 0 fully saturated rings. The van der Waals surface area contributed by atoms with Crippen molar-refractivity contribution in [2.75, 3.05) is 0 Å². The molecule has 0 saturated carbocycles. The second kappa shape index (κ2) is 4.14. The van der Waals surface area contributed by atoms with Crippen LogP contribution in [-0.2, 0) is 0 Å². The minimum atomic E-state index is -1.65. The second-order valence-electron chi connectivity index (χ2n) is 2.83. The molecule has 0 aromatic carbocycles. The zero-order valence-electron chi connectivity index (χ0n) is 7.43. The average Bonchev–Trinajstić information content (AvgIpc) is 2.00. The molecule has 11 heavy (non-hydrogen) atoms. The van der Waals surface area contributed by atoms with Crippen molar-refractivity contribution in [1.29, 1.82) is 0 Å². The van der Waals surface area contributed by atoms with E-state index in [1.807, 2.05) is 17.1 Å². The lowest BCUT2D eigenvalue weighted by Gasteiger charge is -2.14. The first-order chi connectivity index (χ1) is 5.10. The van der Waals surface area contributed by atoms with E-state index in [9.17, 15) is 0 Å². The van der Waals surface area contributed by atoms with E-state index in [0.29, 0.717) is 0 Å². The van der Waals surface area contributed by atoms with Crippen LogP contribution in [0.25, 0.3) is 0 Å². The van der Waals surface area contributed by atoms with E-state index in [1.54, 1.807) is 0 Å². The van der Waals surface area contributed by atoms with E-state index in [1.165, 1.54) is 5.57 Å². The van der Waals surface area contributed by atoms with Crippen LogP contribution in [0.4, 0.5) is 0 Å². The van der Waals surface area contributed by atoms with Crippen LogP contribution in [0.15, 0.2) is 48.1 Å². The standard InChI is InChI=1S/C10H16Si/c1-6-11(7-2,8-3)9-10(4)5/h6-9H,1-3H2,4-5H3. The van der Waals surface area contributed by atoms with Crippen molar-refractivity contribution in [3.8, 4) is 0 Å². The normalized spacial score (nSPS) is 10.0. The van der Waals surface area contributed by atoms with Crippen LogP contribution in [0.5, 0.6) is 0 Å². The van der Waals surface area contributed by atoms with Gasteiger partial charge in [0.25, 0.3) is 0 Å². The Morgan fingerprint density at radius 3 is 1.45 bits per heavy atom. The number of rotatable bonds is 4. The molecule has 0 amide bonds. The van der Waals surface area contributed by atoms with Crippen molar-refractivity contribution in [2.24, 2.45) is 0 Å². The third kappa shape index (κ3) is 2.72. The highest BCUT2D eigenvalue weighted by Crippen LogP contribution is 2.11. The van der Waals surface area contributed by atoms with Crippen molar-refractivity contribution in [1.82, 2.24) is 0 Å². The molecule has 0 N–H and O–H groups in total. The lowest BCUT2D eigenvalue weighted by Crippen LogP contribution is -2.24. The van der Waals surface area contributed by atoms with Gasteiger partial charge in [0, 0.05) is 0 Å². The van der Waals surface area contributed by atoms with Crippen LogP contribution in [0.3, 0.4) is 0 Å². The van der Waals surface area contributed by atoms with Gasteiger partial charge in [-0.05, 0) is 13.8 Å². The van der Waals surface area contributed by atoms with Crippen LogP contribution < -0.4 is 0 Å². The van der Waals surface area contributed by atoms with E-state index in [2.05, 4.69) is 39.3 Å². The molecule has 1 heteroatoms. The lowest BCUT2D eigenvalue weighted by molar-refractivity contribution is 1.41. The van der Waals surface area contributed by atoms with Crippen LogP contribution in [0, 0.1) is 0 Å². The molecule has 0 aromatic heterocycles. The third-order valence-corrected chi connectivity index (χ3v) is 4.80. The van der Waals surface area contributed by atoms with Crippen LogP contribution in [-0.4, -0.2) is 8.07 Å². The maximum atomic E-state index is 3.80. The molecule has 0 aliphatic carbocycles. The Balaban J connectivity index is 4.84. The molecule has 0 aliphatic heterocycles. The lowest BCUT2D eigenvalue weighted by atomic mass is 10.4.